The van der Waals surface area contributed by atoms with Crippen molar-refractivity contribution in [3.8, 4) is 17.2 Å². The molecule has 0 saturated heterocycles. The van der Waals surface area contributed by atoms with Crippen molar-refractivity contribution in [3.05, 3.63) is 83.4 Å². The van der Waals surface area contributed by atoms with Gasteiger partial charge in [-0.1, -0.05) is 30.3 Å². The number of aliphatic carboxylic acids is 1. The van der Waals surface area contributed by atoms with Gasteiger partial charge in [0.25, 0.3) is 5.91 Å². The van der Waals surface area contributed by atoms with Crippen molar-refractivity contribution in [2.75, 3.05) is 5.32 Å². The Morgan fingerprint density at radius 3 is 2.34 bits per heavy atom. The molecule has 164 valence electrons. The molecule has 0 fully saturated rings. The molecule has 0 heterocycles. The fraction of sp³-hybridized carbons (Fsp3) is 0.125. The van der Waals surface area contributed by atoms with Crippen LogP contribution in [0.15, 0.2) is 66.7 Å². The maximum Gasteiger partial charge on any atom is 0.308 e. The lowest BCUT2D eigenvalue weighted by atomic mass is 10.1. The molecule has 3 rings (SSSR count). The zero-order valence-electron chi connectivity index (χ0n) is 17.2. The number of hydrogen-bond acceptors (Lipinski definition) is 6. The molecule has 0 saturated carbocycles. The summed E-state index contributed by atoms with van der Waals surface area (Å²) in [5, 5.41) is 21.9. The third-order valence-corrected chi connectivity index (χ3v) is 4.39. The Hall–Kier alpha value is -4.33. The van der Waals surface area contributed by atoms with Crippen molar-refractivity contribution >= 4 is 23.5 Å². The van der Waals surface area contributed by atoms with Crippen molar-refractivity contribution in [2.24, 2.45) is 0 Å². The number of esters is 1. The van der Waals surface area contributed by atoms with Gasteiger partial charge in [-0.25, -0.2) is 0 Å². The molecule has 0 aliphatic carbocycles. The van der Waals surface area contributed by atoms with Crippen molar-refractivity contribution < 1.29 is 34.1 Å². The largest absolute Gasteiger partial charge is 0.507 e. The molecule has 0 atom stereocenters. The summed E-state index contributed by atoms with van der Waals surface area (Å²) in [6, 6.07) is 18.0. The minimum Gasteiger partial charge on any atom is -0.507 e. The Morgan fingerprint density at radius 1 is 0.938 bits per heavy atom. The molecule has 3 N–H and O–H groups in total. The van der Waals surface area contributed by atoms with Gasteiger partial charge < -0.3 is 25.0 Å². The first-order chi connectivity index (χ1) is 15.3. The number of benzene rings is 3. The number of carbonyl (C=O) groups is 3. The van der Waals surface area contributed by atoms with Crippen LogP contribution < -0.4 is 14.8 Å². The van der Waals surface area contributed by atoms with E-state index in [2.05, 4.69) is 5.32 Å². The standard InChI is InChI=1S/C24H21NO7/c1-15(26)32-19-7-9-21(17(11-19)12-23(28)29)25-24(30)20-13-18(8-10-22(20)27)31-14-16-5-3-2-4-6-16/h2-11,13,27H,12,14H2,1H3,(H,25,30)(H,28,29). The van der Waals surface area contributed by atoms with E-state index in [-0.39, 0.29) is 34.9 Å². The van der Waals surface area contributed by atoms with Crippen LogP contribution in [-0.2, 0) is 22.6 Å². The van der Waals surface area contributed by atoms with Crippen LogP contribution in [0.2, 0.25) is 0 Å². The van der Waals surface area contributed by atoms with E-state index in [0.717, 1.165) is 5.56 Å². The lowest BCUT2D eigenvalue weighted by Gasteiger charge is -2.13. The smallest absolute Gasteiger partial charge is 0.308 e. The number of phenolic OH excluding ortho intramolecular Hbond substituents is 1. The molecule has 0 unspecified atom stereocenters. The van der Waals surface area contributed by atoms with Crippen LogP contribution in [0.25, 0.3) is 0 Å². The highest BCUT2D eigenvalue weighted by Gasteiger charge is 2.17. The van der Waals surface area contributed by atoms with E-state index >= 15 is 0 Å². The number of nitrogens with one attached hydrogen (secondary N) is 1. The second-order valence-corrected chi connectivity index (χ2v) is 6.89. The first-order valence-corrected chi connectivity index (χ1v) is 9.66. The number of phenols is 1. The van der Waals surface area contributed by atoms with Gasteiger partial charge in [0, 0.05) is 12.6 Å². The molecular weight excluding hydrogens is 414 g/mol. The van der Waals surface area contributed by atoms with Gasteiger partial charge in [-0.3, -0.25) is 14.4 Å². The van der Waals surface area contributed by atoms with Gasteiger partial charge in [-0.15, -0.1) is 0 Å². The van der Waals surface area contributed by atoms with Crippen molar-refractivity contribution in [1.29, 1.82) is 0 Å². The van der Waals surface area contributed by atoms with Crippen LogP contribution in [0.4, 0.5) is 5.69 Å². The lowest BCUT2D eigenvalue weighted by molar-refractivity contribution is -0.136. The molecule has 0 aromatic heterocycles. The summed E-state index contributed by atoms with van der Waals surface area (Å²) < 4.78 is 10.7. The number of rotatable bonds is 8. The Labute approximate surface area is 184 Å². The molecule has 3 aromatic rings. The molecule has 8 heteroatoms. The number of amides is 1. The van der Waals surface area contributed by atoms with E-state index in [1.807, 2.05) is 30.3 Å². The molecule has 1 amide bonds. The molecule has 0 bridgehead atoms. The number of carbonyl (C=O) groups excluding carboxylic acids is 2. The normalized spacial score (nSPS) is 10.3. The van der Waals surface area contributed by atoms with Crippen LogP contribution in [-0.4, -0.2) is 28.1 Å². The molecule has 0 aliphatic heterocycles. The van der Waals surface area contributed by atoms with E-state index in [4.69, 9.17) is 9.47 Å². The highest BCUT2D eigenvalue weighted by atomic mass is 16.5. The van der Waals surface area contributed by atoms with Gasteiger partial charge >= 0.3 is 11.9 Å². The summed E-state index contributed by atoms with van der Waals surface area (Å²) in [5.41, 5.74) is 1.35. The van der Waals surface area contributed by atoms with E-state index in [0.29, 0.717) is 5.75 Å². The second kappa shape index (κ2) is 10.1. The summed E-state index contributed by atoms with van der Waals surface area (Å²) in [4.78, 5) is 35.2. The molecule has 8 nitrogen and oxygen atoms in total. The predicted octanol–water partition coefficient (Wildman–Crippen LogP) is 3.78. The zero-order valence-corrected chi connectivity index (χ0v) is 17.2. The van der Waals surface area contributed by atoms with Gasteiger partial charge in [0.05, 0.1) is 12.0 Å². The van der Waals surface area contributed by atoms with Crippen molar-refractivity contribution in [2.45, 2.75) is 20.0 Å². The van der Waals surface area contributed by atoms with Gasteiger partial charge in [0.15, 0.2) is 0 Å². The average molecular weight is 435 g/mol. The Bertz CT molecular complexity index is 1140. The van der Waals surface area contributed by atoms with E-state index in [1.54, 1.807) is 6.07 Å². The molecule has 0 aliphatic rings. The summed E-state index contributed by atoms with van der Waals surface area (Å²) >= 11 is 0. The maximum absolute atomic E-state index is 12.8. The van der Waals surface area contributed by atoms with E-state index in [9.17, 15) is 24.6 Å². The third kappa shape index (κ3) is 6.09. The van der Waals surface area contributed by atoms with E-state index in [1.165, 1.54) is 37.3 Å². The summed E-state index contributed by atoms with van der Waals surface area (Å²) in [5.74, 6) is -2.05. The van der Waals surface area contributed by atoms with Crippen LogP contribution in [0.3, 0.4) is 0 Å². The molecule has 32 heavy (non-hydrogen) atoms. The minimum absolute atomic E-state index is 0.0408. The van der Waals surface area contributed by atoms with E-state index < -0.39 is 24.3 Å². The highest BCUT2D eigenvalue weighted by Crippen LogP contribution is 2.27. The Morgan fingerprint density at radius 2 is 1.66 bits per heavy atom. The number of aromatic hydroxyl groups is 1. The number of carboxylic acid groups (broad SMARTS) is 1. The fourth-order valence-electron chi connectivity index (χ4n) is 2.95. The summed E-state index contributed by atoms with van der Waals surface area (Å²) in [6.07, 6.45) is -0.406. The summed E-state index contributed by atoms with van der Waals surface area (Å²) in [7, 11) is 0. The quantitative estimate of drug-likeness (QED) is 0.364. The molecule has 0 radical (unpaired) electrons. The predicted molar refractivity (Wildman–Crippen MR) is 116 cm³/mol. The number of carboxylic acids is 1. The number of hydrogen-bond donors (Lipinski definition) is 3. The fourth-order valence-corrected chi connectivity index (χ4v) is 2.95. The maximum atomic E-state index is 12.8. The molecule has 0 spiro atoms. The van der Waals surface area contributed by atoms with Gasteiger partial charge in [0.1, 0.15) is 23.9 Å². The number of anilines is 1. The van der Waals surface area contributed by atoms with Gasteiger partial charge in [-0.05, 0) is 47.5 Å². The monoisotopic (exact) mass is 435 g/mol. The SMILES string of the molecule is CC(=O)Oc1ccc(NC(=O)c2cc(OCc3ccccc3)ccc2O)c(CC(=O)O)c1. The Balaban J connectivity index is 1.80. The second-order valence-electron chi connectivity index (χ2n) is 6.89. The molecular formula is C24H21NO7. The third-order valence-electron chi connectivity index (χ3n) is 4.39. The molecule has 3 aromatic carbocycles. The van der Waals surface area contributed by atoms with Crippen molar-refractivity contribution in [3.63, 3.8) is 0 Å². The topological polar surface area (TPSA) is 122 Å². The first-order valence-electron chi connectivity index (χ1n) is 9.66. The highest BCUT2D eigenvalue weighted by molar-refractivity contribution is 6.07. The average Bonchev–Trinajstić information content (AvgIpc) is 2.75. The van der Waals surface area contributed by atoms with Crippen LogP contribution >= 0.6 is 0 Å². The summed E-state index contributed by atoms with van der Waals surface area (Å²) in [6.45, 7) is 1.51. The van der Waals surface area contributed by atoms with Gasteiger partial charge in [0.2, 0.25) is 0 Å². The van der Waals surface area contributed by atoms with Crippen LogP contribution in [0, 0.1) is 0 Å². The Kier molecular flexibility index (Phi) is 7.07. The van der Waals surface area contributed by atoms with Crippen molar-refractivity contribution in [1.82, 2.24) is 0 Å². The lowest BCUT2D eigenvalue weighted by Crippen LogP contribution is -2.15. The zero-order chi connectivity index (χ0) is 23.1. The number of ether oxygens (including phenoxy) is 2. The van der Waals surface area contributed by atoms with Gasteiger partial charge in [-0.2, -0.15) is 0 Å². The van der Waals surface area contributed by atoms with Crippen LogP contribution in [0.5, 0.6) is 17.2 Å². The van der Waals surface area contributed by atoms with Crippen LogP contribution in [0.1, 0.15) is 28.4 Å². The minimum atomic E-state index is -1.13. The first kappa shape index (κ1) is 22.4.